The lowest BCUT2D eigenvalue weighted by molar-refractivity contribution is -0.114. The van der Waals surface area contributed by atoms with Gasteiger partial charge in [-0.2, -0.15) is 0 Å². The summed E-state index contributed by atoms with van der Waals surface area (Å²) in [5, 5.41) is 2.49. The van der Waals surface area contributed by atoms with Gasteiger partial charge < -0.3 is 5.32 Å². The lowest BCUT2D eigenvalue weighted by atomic mass is 10.3. The number of benzene rings is 2. The number of hydrogen-bond acceptors (Lipinski definition) is 3. The summed E-state index contributed by atoms with van der Waals surface area (Å²) in [5.74, 6) is -2.11. The van der Waals surface area contributed by atoms with Crippen LogP contribution in [0, 0.1) is 11.6 Å². The maximum atomic E-state index is 13.5. The fourth-order valence-electron chi connectivity index (χ4n) is 1.70. The van der Waals surface area contributed by atoms with Crippen LogP contribution < -0.4 is 10.0 Å². The van der Waals surface area contributed by atoms with E-state index in [1.54, 1.807) is 0 Å². The minimum absolute atomic E-state index is 0.120. The van der Waals surface area contributed by atoms with E-state index >= 15 is 0 Å². The van der Waals surface area contributed by atoms with Crippen molar-refractivity contribution in [3.05, 3.63) is 54.1 Å². The highest BCUT2D eigenvalue weighted by atomic mass is 32.2. The van der Waals surface area contributed by atoms with E-state index in [1.165, 1.54) is 31.2 Å². The van der Waals surface area contributed by atoms with Gasteiger partial charge in [0.15, 0.2) is 0 Å². The van der Waals surface area contributed by atoms with Crippen molar-refractivity contribution in [1.82, 2.24) is 0 Å². The Hall–Kier alpha value is -2.48. The maximum Gasteiger partial charge on any atom is 0.261 e. The quantitative estimate of drug-likeness (QED) is 0.907. The Balaban J connectivity index is 2.24. The van der Waals surface area contributed by atoms with Gasteiger partial charge in [-0.05, 0) is 36.4 Å². The Bertz CT molecular complexity index is 805. The molecule has 0 unspecified atom stereocenters. The van der Waals surface area contributed by atoms with Crippen molar-refractivity contribution >= 4 is 27.3 Å². The van der Waals surface area contributed by atoms with Crippen molar-refractivity contribution in [2.45, 2.75) is 11.8 Å². The van der Waals surface area contributed by atoms with Gasteiger partial charge in [0.05, 0.1) is 10.6 Å². The van der Waals surface area contributed by atoms with Crippen LogP contribution in [0.5, 0.6) is 0 Å². The van der Waals surface area contributed by atoms with Gasteiger partial charge in [-0.1, -0.05) is 0 Å². The monoisotopic (exact) mass is 326 g/mol. The molecule has 2 aromatic carbocycles. The van der Waals surface area contributed by atoms with Crippen molar-refractivity contribution in [1.29, 1.82) is 0 Å². The third-order valence-electron chi connectivity index (χ3n) is 2.66. The largest absolute Gasteiger partial charge is 0.326 e. The molecule has 2 N–H and O–H groups in total. The number of amides is 1. The minimum Gasteiger partial charge on any atom is -0.326 e. The van der Waals surface area contributed by atoms with E-state index in [0.29, 0.717) is 11.8 Å². The summed E-state index contributed by atoms with van der Waals surface area (Å²) in [5.41, 5.74) is 0.0757. The van der Waals surface area contributed by atoms with E-state index in [2.05, 4.69) is 5.32 Å². The van der Waals surface area contributed by atoms with Crippen LogP contribution in [0.4, 0.5) is 20.2 Å². The molecule has 5 nitrogen and oxygen atoms in total. The zero-order chi connectivity index (χ0) is 16.3. The van der Waals surface area contributed by atoms with E-state index in [9.17, 15) is 22.0 Å². The molecule has 8 heteroatoms. The first-order chi connectivity index (χ1) is 10.3. The highest BCUT2D eigenvalue weighted by Crippen LogP contribution is 2.21. The lowest BCUT2D eigenvalue weighted by Gasteiger charge is -2.09. The number of carbonyl (C=O) groups is 1. The molecule has 0 saturated carbocycles. The van der Waals surface area contributed by atoms with E-state index in [4.69, 9.17) is 0 Å². The van der Waals surface area contributed by atoms with Crippen LogP contribution in [0.25, 0.3) is 0 Å². The molecule has 0 aliphatic rings. The SMILES string of the molecule is CC(=O)Nc1ccc(S(=O)(=O)Nc2ccc(F)cc2F)cc1. The Morgan fingerprint density at radius 3 is 2.23 bits per heavy atom. The first-order valence-corrected chi connectivity index (χ1v) is 7.62. The molecular weight excluding hydrogens is 314 g/mol. The number of carbonyl (C=O) groups excluding carboxylic acids is 1. The zero-order valence-corrected chi connectivity index (χ0v) is 12.2. The molecule has 1 amide bonds. The number of nitrogens with one attached hydrogen (secondary N) is 2. The van der Waals surface area contributed by atoms with E-state index < -0.39 is 21.7 Å². The minimum atomic E-state index is -4.02. The number of halogens is 2. The van der Waals surface area contributed by atoms with Gasteiger partial charge in [-0.15, -0.1) is 0 Å². The van der Waals surface area contributed by atoms with Crippen LogP contribution in [-0.4, -0.2) is 14.3 Å². The van der Waals surface area contributed by atoms with Crippen LogP contribution >= 0.6 is 0 Å². The molecule has 2 aromatic rings. The molecule has 0 bridgehead atoms. The molecule has 0 heterocycles. The molecule has 0 radical (unpaired) electrons. The molecule has 2 rings (SSSR count). The molecule has 0 spiro atoms. The van der Waals surface area contributed by atoms with Crippen molar-refractivity contribution < 1.29 is 22.0 Å². The Labute approximate surface area is 126 Å². The summed E-state index contributed by atoms with van der Waals surface area (Å²) >= 11 is 0. The van der Waals surface area contributed by atoms with E-state index in [-0.39, 0.29) is 16.5 Å². The second kappa shape index (κ2) is 6.10. The molecular formula is C14H12F2N2O3S. The molecule has 0 aromatic heterocycles. The van der Waals surface area contributed by atoms with Crippen LogP contribution in [0.15, 0.2) is 47.4 Å². The smallest absolute Gasteiger partial charge is 0.261 e. The molecule has 116 valence electrons. The molecule has 0 fully saturated rings. The van der Waals surface area contributed by atoms with E-state index in [0.717, 1.165) is 12.1 Å². The van der Waals surface area contributed by atoms with Gasteiger partial charge in [0.2, 0.25) is 5.91 Å². The standard InChI is InChI=1S/C14H12F2N2O3S/c1-9(19)17-11-3-5-12(6-4-11)22(20,21)18-14-7-2-10(15)8-13(14)16/h2-8,18H,1H3,(H,17,19). The lowest BCUT2D eigenvalue weighted by Crippen LogP contribution is -2.14. The average molecular weight is 326 g/mol. The van der Waals surface area contributed by atoms with Crippen molar-refractivity contribution in [2.75, 3.05) is 10.0 Å². The summed E-state index contributed by atoms with van der Waals surface area (Å²) in [4.78, 5) is 10.8. The van der Waals surface area contributed by atoms with Crippen molar-refractivity contribution in [3.63, 3.8) is 0 Å². The predicted octanol–water partition coefficient (Wildman–Crippen LogP) is 2.72. The van der Waals surface area contributed by atoms with Gasteiger partial charge in [0, 0.05) is 18.7 Å². The molecule has 0 saturated heterocycles. The first-order valence-electron chi connectivity index (χ1n) is 6.13. The normalized spacial score (nSPS) is 11.0. The van der Waals surface area contributed by atoms with Gasteiger partial charge in [0.25, 0.3) is 10.0 Å². The topological polar surface area (TPSA) is 75.3 Å². The number of rotatable bonds is 4. The van der Waals surface area contributed by atoms with Crippen molar-refractivity contribution in [2.24, 2.45) is 0 Å². The van der Waals surface area contributed by atoms with Gasteiger partial charge in [-0.25, -0.2) is 17.2 Å². The van der Waals surface area contributed by atoms with Crippen LogP contribution in [-0.2, 0) is 14.8 Å². The highest BCUT2D eigenvalue weighted by molar-refractivity contribution is 7.92. The third-order valence-corrected chi connectivity index (χ3v) is 4.04. The fraction of sp³-hybridized carbons (Fsp3) is 0.0714. The second-order valence-electron chi connectivity index (χ2n) is 4.44. The highest BCUT2D eigenvalue weighted by Gasteiger charge is 2.16. The summed E-state index contributed by atoms with van der Waals surface area (Å²) in [6, 6.07) is 7.84. The van der Waals surface area contributed by atoms with Gasteiger partial charge in [-0.3, -0.25) is 9.52 Å². The van der Waals surface area contributed by atoms with Crippen LogP contribution in [0.2, 0.25) is 0 Å². The van der Waals surface area contributed by atoms with Crippen molar-refractivity contribution in [3.8, 4) is 0 Å². The first kappa shape index (κ1) is 15.9. The molecule has 0 aliphatic carbocycles. The summed E-state index contributed by atoms with van der Waals surface area (Å²) in [6.07, 6.45) is 0. The average Bonchev–Trinajstić information content (AvgIpc) is 2.42. The fourth-order valence-corrected chi connectivity index (χ4v) is 2.76. The molecule has 0 atom stereocenters. The number of sulfonamides is 1. The summed E-state index contributed by atoms with van der Waals surface area (Å²) in [6.45, 7) is 1.32. The Morgan fingerprint density at radius 2 is 1.68 bits per heavy atom. The zero-order valence-electron chi connectivity index (χ0n) is 11.4. The van der Waals surface area contributed by atoms with Crippen LogP contribution in [0.1, 0.15) is 6.92 Å². The Kier molecular flexibility index (Phi) is 4.41. The summed E-state index contributed by atoms with van der Waals surface area (Å²) in [7, 11) is -4.02. The Morgan fingerprint density at radius 1 is 1.05 bits per heavy atom. The van der Waals surface area contributed by atoms with E-state index in [1.807, 2.05) is 4.72 Å². The number of hydrogen-bond donors (Lipinski definition) is 2. The molecule has 22 heavy (non-hydrogen) atoms. The number of anilines is 2. The second-order valence-corrected chi connectivity index (χ2v) is 6.12. The summed E-state index contributed by atoms with van der Waals surface area (Å²) < 4.78 is 52.6. The predicted molar refractivity (Wildman–Crippen MR) is 77.9 cm³/mol. The third kappa shape index (κ3) is 3.79. The van der Waals surface area contributed by atoms with Gasteiger partial charge >= 0.3 is 0 Å². The van der Waals surface area contributed by atoms with Gasteiger partial charge in [0.1, 0.15) is 11.6 Å². The van der Waals surface area contributed by atoms with Crippen LogP contribution in [0.3, 0.4) is 0 Å². The maximum absolute atomic E-state index is 13.5. The molecule has 0 aliphatic heterocycles.